The Balaban J connectivity index is 1.94. The van der Waals surface area contributed by atoms with Crippen LogP contribution in [0.4, 0.5) is 0 Å². The lowest BCUT2D eigenvalue weighted by molar-refractivity contribution is -0.121. The number of hydrogen-bond donors (Lipinski definition) is 1. The van der Waals surface area contributed by atoms with Crippen molar-refractivity contribution in [3.8, 4) is 0 Å². The second-order valence-electron chi connectivity index (χ2n) is 5.87. The summed E-state index contributed by atoms with van der Waals surface area (Å²) in [6.45, 7) is 0.225. The molecule has 0 aliphatic carbocycles. The van der Waals surface area contributed by atoms with E-state index in [-0.39, 0.29) is 19.0 Å². The summed E-state index contributed by atoms with van der Waals surface area (Å²) in [5.41, 5.74) is 1.76. The van der Waals surface area contributed by atoms with Gasteiger partial charge in [-0.05, 0) is 29.7 Å². The van der Waals surface area contributed by atoms with Crippen molar-refractivity contribution in [2.24, 2.45) is 0 Å². The Morgan fingerprint density at radius 3 is 2.35 bits per heavy atom. The van der Waals surface area contributed by atoms with Crippen LogP contribution in [0.15, 0.2) is 48.5 Å². The SMILES string of the molecule is CS(=O)(=O)N(CC(=O)NCCc1ccccc1)Cc1ccc(Cl)c(Cl)c1. The van der Waals surface area contributed by atoms with Crippen LogP contribution in [-0.4, -0.2) is 38.0 Å². The average Bonchev–Trinajstić information content (AvgIpc) is 2.58. The van der Waals surface area contributed by atoms with Crippen molar-refractivity contribution in [1.82, 2.24) is 9.62 Å². The maximum atomic E-state index is 12.1. The molecule has 5 nitrogen and oxygen atoms in total. The van der Waals surface area contributed by atoms with E-state index in [2.05, 4.69) is 5.32 Å². The van der Waals surface area contributed by atoms with Gasteiger partial charge in [-0.3, -0.25) is 4.79 Å². The predicted molar refractivity (Wildman–Crippen MR) is 105 cm³/mol. The lowest BCUT2D eigenvalue weighted by Gasteiger charge is -2.20. The first kappa shape index (κ1) is 20.7. The van der Waals surface area contributed by atoms with Crippen LogP contribution in [0.2, 0.25) is 10.0 Å². The van der Waals surface area contributed by atoms with E-state index in [1.54, 1.807) is 18.2 Å². The molecule has 2 aromatic carbocycles. The van der Waals surface area contributed by atoms with Gasteiger partial charge in [0.05, 0.1) is 22.8 Å². The highest BCUT2D eigenvalue weighted by Crippen LogP contribution is 2.23. The van der Waals surface area contributed by atoms with E-state index in [0.29, 0.717) is 28.6 Å². The number of halogens is 2. The molecule has 0 bridgehead atoms. The number of carbonyl (C=O) groups excluding carboxylic acids is 1. The molecule has 0 fully saturated rings. The molecule has 0 spiro atoms. The standard InChI is InChI=1S/C18H20Cl2N2O3S/c1-26(24,25)22(12-15-7-8-16(19)17(20)11-15)13-18(23)21-10-9-14-5-3-2-4-6-14/h2-8,11H,9-10,12-13H2,1H3,(H,21,23). The molecule has 0 aliphatic rings. The van der Waals surface area contributed by atoms with Crippen molar-refractivity contribution in [1.29, 1.82) is 0 Å². The van der Waals surface area contributed by atoms with E-state index >= 15 is 0 Å². The van der Waals surface area contributed by atoms with Crippen LogP contribution < -0.4 is 5.32 Å². The first-order valence-corrected chi connectivity index (χ1v) is 10.6. The zero-order valence-electron chi connectivity index (χ0n) is 14.3. The van der Waals surface area contributed by atoms with E-state index in [1.807, 2.05) is 30.3 Å². The Bertz CT molecular complexity index is 858. The molecule has 0 saturated heterocycles. The normalized spacial score (nSPS) is 11.5. The highest BCUT2D eigenvalue weighted by atomic mass is 35.5. The zero-order chi connectivity index (χ0) is 19.2. The molecule has 2 rings (SSSR count). The van der Waals surface area contributed by atoms with Crippen molar-refractivity contribution < 1.29 is 13.2 Å². The molecule has 8 heteroatoms. The third-order valence-corrected chi connectivity index (χ3v) is 5.65. The summed E-state index contributed by atoms with van der Waals surface area (Å²) in [4.78, 5) is 12.1. The molecule has 2 aromatic rings. The molecule has 0 radical (unpaired) electrons. The fourth-order valence-corrected chi connectivity index (χ4v) is 3.40. The third-order valence-electron chi connectivity index (χ3n) is 3.71. The van der Waals surface area contributed by atoms with Crippen LogP contribution >= 0.6 is 23.2 Å². The summed E-state index contributed by atoms with van der Waals surface area (Å²) in [6.07, 6.45) is 1.75. The smallest absolute Gasteiger partial charge is 0.235 e. The van der Waals surface area contributed by atoms with Gasteiger partial charge in [0.25, 0.3) is 0 Å². The van der Waals surface area contributed by atoms with Gasteiger partial charge in [-0.2, -0.15) is 4.31 Å². The van der Waals surface area contributed by atoms with E-state index in [9.17, 15) is 13.2 Å². The van der Waals surface area contributed by atoms with Gasteiger partial charge in [-0.1, -0.05) is 59.6 Å². The molecule has 1 N–H and O–H groups in total. The van der Waals surface area contributed by atoms with Crippen LogP contribution in [-0.2, 0) is 27.8 Å². The minimum absolute atomic E-state index is 0.0435. The van der Waals surface area contributed by atoms with Gasteiger partial charge in [0, 0.05) is 13.1 Å². The number of amides is 1. The molecular formula is C18H20Cl2N2O3S. The molecule has 1 amide bonds. The van der Waals surface area contributed by atoms with Gasteiger partial charge in [-0.15, -0.1) is 0 Å². The van der Waals surface area contributed by atoms with Crippen LogP contribution in [0.25, 0.3) is 0 Å². The van der Waals surface area contributed by atoms with E-state index in [1.165, 1.54) is 0 Å². The van der Waals surface area contributed by atoms with Gasteiger partial charge in [-0.25, -0.2) is 8.42 Å². The number of nitrogens with one attached hydrogen (secondary N) is 1. The minimum atomic E-state index is -3.56. The summed E-state index contributed by atoms with van der Waals surface area (Å²) < 4.78 is 25.1. The first-order valence-electron chi connectivity index (χ1n) is 7.95. The first-order chi connectivity index (χ1) is 12.3. The Kier molecular flexibility index (Phi) is 7.46. The minimum Gasteiger partial charge on any atom is -0.355 e. The van der Waals surface area contributed by atoms with Gasteiger partial charge >= 0.3 is 0 Å². The molecule has 0 atom stereocenters. The van der Waals surface area contributed by atoms with Crippen molar-refractivity contribution in [3.63, 3.8) is 0 Å². The Morgan fingerprint density at radius 2 is 1.73 bits per heavy atom. The Hall–Kier alpha value is -1.60. The second kappa shape index (κ2) is 9.37. The van der Waals surface area contributed by atoms with Crippen LogP contribution in [0.1, 0.15) is 11.1 Å². The van der Waals surface area contributed by atoms with Crippen LogP contribution in [0, 0.1) is 0 Å². The summed E-state index contributed by atoms with van der Waals surface area (Å²) >= 11 is 11.8. The monoisotopic (exact) mass is 414 g/mol. The number of carbonyl (C=O) groups is 1. The van der Waals surface area contributed by atoms with E-state index in [0.717, 1.165) is 16.1 Å². The lowest BCUT2D eigenvalue weighted by atomic mass is 10.1. The molecule has 0 aliphatic heterocycles. The number of rotatable bonds is 8. The molecule has 0 heterocycles. The summed E-state index contributed by atoms with van der Waals surface area (Å²) in [5.74, 6) is -0.355. The number of nitrogens with zero attached hydrogens (tertiary/aromatic N) is 1. The largest absolute Gasteiger partial charge is 0.355 e. The summed E-state index contributed by atoms with van der Waals surface area (Å²) in [7, 11) is -3.56. The summed E-state index contributed by atoms with van der Waals surface area (Å²) in [6, 6.07) is 14.6. The summed E-state index contributed by atoms with van der Waals surface area (Å²) in [5, 5.41) is 3.47. The molecule has 0 aromatic heterocycles. The van der Waals surface area contributed by atoms with Gasteiger partial charge < -0.3 is 5.32 Å². The van der Waals surface area contributed by atoms with Crippen LogP contribution in [0.3, 0.4) is 0 Å². The van der Waals surface area contributed by atoms with Crippen molar-refractivity contribution in [2.45, 2.75) is 13.0 Å². The highest BCUT2D eigenvalue weighted by molar-refractivity contribution is 7.88. The average molecular weight is 415 g/mol. The molecule has 0 unspecified atom stereocenters. The molecule has 26 heavy (non-hydrogen) atoms. The highest BCUT2D eigenvalue weighted by Gasteiger charge is 2.20. The second-order valence-corrected chi connectivity index (χ2v) is 8.66. The number of benzene rings is 2. The maximum Gasteiger partial charge on any atom is 0.235 e. The number of sulfonamides is 1. The molecule has 140 valence electrons. The quantitative estimate of drug-likeness (QED) is 0.721. The lowest BCUT2D eigenvalue weighted by Crippen LogP contribution is -2.40. The molecular weight excluding hydrogens is 395 g/mol. The van der Waals surface area contributed by atoms with Crippen molar-refractivity contribution in [3.05, 3.63) is 69.7 Å². The van der Waals surface area contributed by atoms with Crippen LogP contribution in [0.5, 0.6) is 0 Å². The van der Waals surface area contributed by atoms with E-state index < -0.39 is 10.0 Å². The fraction of sp³-hybridized carbons (Fsp3) is 0.278. The van der Waals surface area contributed by atoms with Crippen molar-refractivity contribution in [2.75, 3.05) is 19.3 Å². The Morgan fingerprint density at radius 1 is 1.04 bits per heavy atom. The van der Waals surface area contributed by atoms with Crippen molar-refractivity contribution >= 4 is 39.1 Å². The van der Waals surface area contributed by atoms with E-state index in [4.69, 9.17) is 23.2 Å². The third kappa shape index (κ3) is 6.61. The number of hydrogen-bond acceptors (Lipinski definition) is 3. The van der Waals surface area contributed by atoms with Gasteiger partial charge in [0.15, 0.2) is 0 Å². The Labute approximate surface area is 164 Å². The molecule has 0 saturated carbocycles. The topological polar surface area (TPSA) is 66.5 Å². The zero-order valence-corrected chi connectivity index (χ0v) is 16.6. The van der Waals surface area contributed by atoms with Gasteiger partial charge in [0.1, 0.15) is 0 Å². The predicted octanol–water partition coefficient (Wildman–Crippen LogP) is 3.11. The van der Waals surface area contributed by atoms with Gasteiger partial charge in [0.2, 0.25) is 15.9 Å². The fourth-order valence-electron chi connectivity index (χ4n) is 2.34. The maximum absolute atomic E-state index is 12.1.